The number of aromatic nitrogens is 1. The predicted octanol–water partition coefficient (Wildman–Crippen LogP) is 2.73. The second-order valence-electron chi connectivity index (χ2n) is 6.47. The summed E-state index contributed by atoms with van der Waals surface area (Å²) in [6.07, 6.45) is 3.94. The molecule has 2 rings (SSSR count). The fourth-order valence-electron chi connectivity index (χ4n) is 2.52. The standard InChI is InChI=1S/C15H25N3O2S/c1-15(2,3)20-14(19)17-7-5-12(6-8-17)11-18-9-10-21-13(18)16-4/h9-10,12H,5-8,11H2,1-4H3/b16-13-. The minimum Gasteiger partial charge on any atom is -0.444 e. The van der Waals surface area contributed by atoms with Gasteiger partial charge in [-0.05, 0) is 39.5 Å². The van der Waals surface area contributed by atoms with E-state index in [1.54, 1.807) is 11.3 Å². The second kappa shape index (κ2) is 6.64. The van der Waals surface area contributed by atoms with Gasteiger partial charge in [-0.2, -0.15) is 0 Å². The molecule has 118 valence electrons. The average molecular weight is 311 g/mol. The molecule has 1 aliphatic heterocycles. The molecule has 0 aliphatic carbocycles. The minimum atomic E-state index is -0.419. The summed E-state index contributed by atoms with van der Waals surface area (Å²) in [5.74, 6) is 0.601. The van der Waals surface area contributed by atoms with Gasteiger partial charge in [0.15, 0.2) is 4.80 Å². The number of piperidine rings is 1. The first-order valence-electron chi connectivity index (χ1n) is 7.44. The van der Waals surface area contributed by atoms with Gasteiger partial charge in [-0.25, -0.2) is 4.79 Å². The Bertz CT molecular complexity index is 534. The number of carbonyl (C=O) groups is 1. The third kappa shape index (κ3) is 4.59. The summed E-state index contributed by atoms with van der Waals surface area (Å²) >= 11 is 1.66. The average Bonchev–Trinajstić information content (AvgIpc) is 2.85. The van der Waals surface area contributed by atoms with Gasteiger partial charge >= 0.3 is 6.09 Å². The number of nitrogens with zero attached hydrogens (tertiary/aromatic N) is 3. The maximum Gasteiger partial charge on any atom is 0.410 e. The summed E-state index contributed by atoms with van der Waals surface area (Å²) in [5.41, 5.74) is -0.419. The van der Waals surface area contributed by atoms with E-state index < -0.39 is 5.60 Å². The fourth-order valence-corrected chi connectivity index (χ4v) is 3.22. The van der Waals surface area contributed by atoms with Crippen molar-refractivity contribution in [1.29, 1.82) is 0 Å². The highest BCUT2D eigenvalue weighted by atomic mass is 32.1. The lowest BCUT2D eigenvalue weighted by molar-refractivity contribution is 0.0178. The quantitative estimate of drug-likeness (QED) is 0.843. The Kier molecular flexibility index (Phi) is 5.08. The summed E-state index contributed by atoms with van der Waals surface area (Å²) in [5, 5.41) is 2.07. The number of carbonyl (C=O) groups excluding carboxylic acids is 1. The molecule has 1 saturated heterocycles. The topological polar surface area (TPSA) is 46.8 Å². The summed E-state index contributed by atoms with van der Waals surface area (Å²) in [4.78, 5) is 19.2. The van der Waals surface area contributed by atoms with Crippen LogP contribution in [0.4, 0.5) is 4.79 Å². The Balaban J connectivity index is 1.85. The molecule has 1 aromatic rings. The van der Waals surface area contributed by atoms with Crippen molar-refractivity contribution in [3.8, 4) is 0 Å². The van der Waals surface area contributed by atoms with E-state index in [1.807, 2.05) is 32.7 Å². The molecule has 0 aromatic carbocycles. The molecule has 0 unspecified atom stereocenters. The highest BCUT2D eigenvalue weighted by Crippen LogP contribution is 2.20. The van der Waals surface area contributed by atoms with Gasteiger partial charge in [-0.3, -0.25) is 4.99 Å². The molecule has 0 atom stereocenters. The van der Waals surface area contributed by atoms with Gasteiger partial charge in [0.2, 0.25) is 0 Å². The highest BCUT2D eigenvalue weighted by Gasteiger charge is 2.26. The van der Waals surface area contributed by atoms with E-state index in [9.17, 15) is 4.79 Å². The van der Waals surface area contributed by atoms with Gasteiger partial charge in [0.1, 0.15) is 5.60 Å². The molecule has 0 N–H and O–H groups in total. The molecule has 0 bridgehead atoms. The molecule has 1 aromatic heterocycles. The Morgan fingerprint density at radius 2 is 2.10 bits per heavy atom. The van der Waals surface area contributed by atoms with Gasteiger partial charge in [0.25, 0.3) is 0 Å². The van der Waals surface area contributed by atoms with E-state index >= 15 is 0 Å². The van der Waals surface area contributed by atoms with Crippen molar-refractivity contribution in [2.45, 2.75) is 45.8 Å². The summed E-state index contributed by atoms with van der Waals surface area (Å²) in [6.45, 7) is 8.26. The first kappa shape index (κ1) is 16.1. The monoisotopic (exact) mass is 311 g/mol. The molecule has 0 spiro atoms. The number of hydrogen-bond acceptors (Lipinski definition) is 4. The van der Waals surface area contributed by atoms with Crippen LogP contribution in [0.2, 0.25) is 0 Å². The number of rotatable bonds is 2. The third-order valence-corrected chi connectivity index (χ3v) is 4.46. The Hall–Kier alpha value is -1.30. The van der Waals surface area contributed by atoms with Crippen LogP contribution in [0.25, 0.3) is 0 Å². The lowest BCUT2D eigenvalue weighted by Gasteiger charge is -2.33. The van der Waals surface area contributed by atoms with Crippen molar-refractivity contribution in [3.63, 3.8) is 0 Å². The largest absolute Gasteiger partial charge is 0.444 e. The van der Waals surface area contributed by atoms with Gasteiger partial charge < -0.3 is 14.2 Å². The molecule has 0 radical (unpaired) electrons. The Morgan fingerprint density at radius 3 is 2.67 bits per heavy atom. The van der Waals surface area contributed by atoms with Crippen molar-refractivity contribution in [2.75, 3.05) is 20.1 Å². The number of thiazole rings is 1. The van der Waals surface area contributed by atoms with Crippen molar-refractivity contribution < 1.29 is 9.53 Å². The minimum absolute atomic E-state index is 0.187. The van der Waals surface area contributed by atoms with Crippen LogP contribution in [0.15, 0.2) is 16.6 Å². The Labute approximate surface area is 130 Å². The van der Waals surface area contributed by atoms with Crippen molar-refractivity contribution in [3.05, 3.63) is 16.4 Å². The van der Waals surface area contributed by atoms with Crippen LogP contribution >= 0.6 is 11.3 Å². The van der Waals surface area contributed by atoms with Crippen molar-refractivity contribution >= 4 is 17.4 Å². The Morgan fingerprint density at radius 1 is 1.43 bits per heavy atom. The number of ether oxygens (including phenoxy) is 1. The predicted molar refractivity (Wildman–Crippen MR) is 84.3 cm³/mol. The molecular formula is C15H25N3O2S. The molecule has 1 amide bonds. The fraction of sp³-hybridized carbons (Fsp3) is 0.733. The number of likely N-dealkylation sites (tertiary alicyclic amines) is 1. The van der Waals surface area contributed by atoms with Crippen LogP contribution in [0, 0.1) is 5.92 Å². The second-order valence-corrected chi connectivity index (χ2v) is 7.35. The van der Waals surface area contributed by atoms with Crippen LogP contribution in [0.1, 0.15) is 33.6 Å². The van der Waals surface area contributed by atoms with E-state index in [-0.39, 0.29) is 6.09 Å². The molecule has 0 saturated carbocycles. The number of hydrogen-bond donors (Lipinski definition) is 0. The molecule has 6 heteroatoms. The zero-order chi connectivity index (χ0) is 15.5. The zero-order valence-corrected chi connectivity index (χ0v) is 14.2. The van der Waals surface area contributed by atoms with Gasteiger partial charge in [-0.15, -0.1) is 11.3 Å². The van der Waals surface area contributed by atoms with E-state index in [2.05, 4.69) is 21.1 Å². The third-order valence-electron chi connectivity index (χ3n) is 3.57. The van der Waals surface area contributed by atoms with Crippen LogP contribution in [-0.4, -0.2) is 41.3 Å². The van der Waals surface area contributed by atoms with E-state index in [0.29, 0.717) is 5.92 Å². The zero-order valence-electron chi connectivity index (χ0n) is 13.3. The maximum atomic E-state index is 12.0. The van der Waals surface area contributed by atoms with Crippen LogP contribution in [0.5, 0.6) is 0 Å². The van der Waals surface area contributed by atoms with Crippen molar-refractivity contribution in [2.24, 2.45) is 10.9 Å². The summed E-state index contributed by atoms with van der Waals surface area (Å²) in [6, 6.07) is 0. The van der Waals surface area contributed by atoms with Gasteiger partial charge in [0, 0.05) is 38.3 Å². The first-order valence-corrected chi connectivity index (χ1v) is 8.31. The molecule has 5 nitrogen and oxygen atoms in total. The van der Waals surface area contributed by atoms with Crippen LogP contribution in [-0.2, 0) is 11.3 Å². The maximum absolute atomic E-state index is 12.0. The van der Waals surface area contributed by atoms with Gasteiger partial charge in [-0.1, -0.05) is 0 Å². The number of amides is 1. The molecule has 2 heterocycles. The smallest absolute Gasteiger partial charge is 0.410 e. The summed E-state index contributed by atoms with van der Waals surface area (Å²) < 4.78 is 7.63. The molecular weight excluding hydrogens is 286 g/mol. The highest BCUT2D eigenvalue weighted by molar-refractivity contribution is 7.07. The van der Waals surface area contributed by atoms with E-state index in [1.165, 1.54) is 0 Å². The molecule has 1 aliphatic rings. The van der Waals surface area contributed by atoms with Gasteiger partial charge in [0.05, 0.1) is 0 Å². The SMILES string of the molecule is C/N=c1\sccn1CC1CCN(C(=O)OC(C)(C)C)CC1. The van der Waals surface area contributed by atoms with E-state index in [0.717, 1.165) is 37.3 Å². The van der Waals surface area contributed by atoms with Crippen LogP contribution < -0.4 is 4.80 Å². The normalized spacial score (nSPS) is 18.1. The van der Waals surface area contributed by atoms with E-state index in [4.69, 9.17) is 4.74 Å². The molecule has 1 fully saturated rings. The first-order chi connectivity index (χ1) is 9.89. The van der Waals surface area contributed by atoms with Crippen LogP contribution in [0.3, 0.4) is 0 Å². The lowest BCUT2D eigenvalue weighted by atomic mass is 9.97. The lowest BCUT2D eigenvalue weighted by Crippen LogP contribution is -2.42. The summed E-state index contributed by atoms with van der Waals surface area (Å²) in [7, 11) is 1.83. The van der Waals surface area contributed by atoms with Crippen molar-refractivity contribution in [1.82, 2.24) is 9.47 Å². The molecule has 21 heavy (non-hydrogen) atoms.